The smallest absolute Gasteiger partial charge is 0.307 e. The van der Waals surface area contributed by atoms with Crippen molar-refractivity contribution in [3.05, 3.63) is 51.9 Å². The highest BCUT2D eigenvalue weighted by Gasteiger charge is 2.21. The van der Waals surface area contributed by atoms with Crippen LogP contribution < -0.4 is 5.32 Å². The Balaban J connectivity index is 1.47. The second-order valence-electron chi connectivity index (χ2n) is 6.66. The van der Waals surface area contributed by atoms with Crippen LogP contribution in [-0.2, 0) is 27.2 Å². The van der Waals surface area contributed by atoms with Gasteiger partial charge in [-0.25, -0.2) is 0 Å². The molecule has 0 unspecified atom stereocenters. The number of esters is 1. The van der Waals surface area contributed by atoms with Crippen LogP contribution in [-0.4, -0.2) is 23.8 Å². The van der Waals surface area contributed by atoms with Crippen molar-refractivity contribution in [2.75, 3.05) is 5.32 Å². The van der Waals surface area contributed by atoms with Gasteiger partial charge in [0.2, 0.25) is 0 Å². The molecule has 144 valence electrons. The van der Waals surface area contributed by atoms with E-state index in [0.29, 0.717) is 16.1 Å². The summed E-state index contributed by atoms with van der Waals surface area (Å²) < 4.78 is 5.11. The molecule has 1 aliphatic carbocycles. The Labute approximate surface area is 167 Å². The number of carbonyl (C=O) groups is 3. The molecule has 0 saturated carbocycles. The van der Waals surface area contributed by atoms with Gasteiger partial charge in [-0.1, -0.05) is 12.1 Å². The number of Topliss-reactive ketones (excluding diaryl/α,β-unsaturated/α-hetero) is 1. The normalized spacial score (nSPS) is 13.3. The summed E-state index contributed by atoms with van der Waals surface area (Å²) >= 11 is 1.22. The molecule has 0 spiro atoms. The zero-order valence-electron chi connectivity index (χ0n) is 15.5. The monoisotopic (exact) mass is 396 g/mol. The fourth-order valence-electron chi connectivity index (χ4n) is 3.12. The number of anilines is 1. The van der Waals surface area contributed by atoms with Crippen LogP contribution in [0, 0.1) is 11.3 Å². The zero-order chi connectivity index (χ0) is 20.1. The average Bonchev–Trinajstić information content (AvgIpc) is 3.33. The Kier molecular flexibility index (Phi) is 6.22. The van der Waals surface area contributed by atoms with Gasteiger partial charge in [0, 0.05) is 12.0 Å². The summed E-state index contributed by atoms with van der Waals surface area (Å²) in [6.45, 7) is 1.45. The number of aryl methyl sites for hydroxylation is 2. The fourth-order valence-corrected chi connectivity index (χ4v) is 3.86. The van der Waals surface area contributed by atoms with Crippen molar-refractivity contribution in [3.63, 3.8) is 0 Å². The number of ether oxygens (including phenoxy) is 1. The van der Waals surface area contributed by atoms with Gasteiger partial charge in [-0.2, -0.15) is 5.26 Å². The number of hydrogen-bond acceptors (Lipinski definition) is 6. The van der Waals surface area contributed by atoms with E-state index in [1.807, 2.05) is 24.3 Å². The van der Waals surface area contributed by atoms with Crippen molar-refractivity contribution < 1.29 is 19.1 Å². The van der Waals surface area contributed by atoms with E-state index in [-0.39, 0.29) is 18.6 Å². The Bertz CT molecular complexity index is 958. The first-order valence-corrected chi connectivity index (χ1v) is 9.99. The largest absolute Gasteiger partial charge is 0.453 e. The van der Waals surface area contributed by atoms with Crippen molar-refractivity contribution in [3.8, 4) is 6.07 Å². The maximum absolute atomic E-state index is 12.3. The molecule has 0 saturated heterocycles. The second-order valence-corrected chi connectivity index (χ2v) is 7.57. The molecule has 0 radical (unpaired) electrons. The Morgan fingerprint density at radius 3 is 2.79 bits per heavy atom. The lowest BCUT2D eigenvalue weighted by molar-refractivity contribution is -0.153. The molecule has 1 aliphatic rings. The molecule has 1 aromatic heterocycles. The summed E-state index contributed by atoms with van der Waals surface area (Å²) in [5.74, 6) is -1.23. The number of fused-ring (bicyclic) bond motifs is 1. The zero-order valence-corrected chi connectivity index (χ0v) is 16.3. The lowest BCUT2D eigenvalue weighted by Gasteiger charge is -2.13. The van der Waals surface area contributed by atoms with Crippen LogP contribution in [0.1, 0.15) is 53.2 Å². The topological polar surface area (TPSA) is 96.3 Å². The minimum Gasteiger partial charge on any atom is -0.453 e. The fraction of sp³-hybridized carbons (Fsp3) is 0.333. The van der Waals surface area contributed by atoms with Gasteiger partial charge in [0.1, 0.15) is 11.1 Å². The van der Waals surface area contributed by atoms with Crippen LogP contribution >= 0.6 is 11.3 Å². The second kappa shape index (κ2) is 8.81. The molecule has 2 aromatic rings. The van der Waals surface area contributed by atoms with Crippen molar-refractivity contribution in [1.82, 2.24) is 0 Å². The third-order valence-corrected chi connectivity index (χ3v) is 5.51. The Hall–Kier alpha value is -2.98. The van der Waals surface area contributed by atoms with E-state index in [2.05, 4.69) is 5.32 Å². The third-order valence-electron chi connectivity index (χ3n) is 4.68. The van der Waals surface area contributed by atoms with Crippen LogP contribution in [0.2, 0.25) is 0 Å². The Morgan fingerprint density at radius 1 is 1.21 bits per heavy atom. The number of nitrogens with zero attached hydrogens (tertiary/aromatic N) is 1. The molecule has 7 heteroatoms. The third kappa shape index (κ3) is 4.65. The van der Waals surface area contributed by atoms with Crippen molar-refractivity contribution in [2.45, 2.75) is 45.1 Å². The molecule has 0 bridgehead atoms. The minimum atomic E-state index is -1.02. The number of thiophene rings is 1. The van der Waals surface area contributed by atoms with E-state index in [1.165, 1.54) is 29.4 Å². The van der Waals surface area contributed by atoms with Gasteiger partial charge < -0.3 is 10.1 Å². The summed E-state index contributed by atoms with van der Waals surface area (Å²) in [6.07, 6.45) is 2.09. The first-order chi connectivity index (χ1) is 13.5. The number of carbonyl (C=O) groups excluding carboxylic acids is 3. The number of hydrogen-bond donors (Lipinski definition) is 1. The Morgan fingerprint density at radius 2 is 2.00 bits per heavy atom. The first-order valence-electron chi connectivity index (χ1n) is 9.11. The molecule has 1 heterocycles. The summed E-state index contributed by atoms with van der Waals surface area (Å²) in [5.41, 5.74) is 3.47. The number of nitriles is 1. The van der Waals surface area contributed by atoms with E-state index < -0.39 is 18.0 Å². The van der Waals surface area contributed by atoms with Gasteiger partial charge in [0.15, 0.2) is 11.9 Å². The van der Waals surface area contributed by atoms with Gasteiger partial charge in [-0.15, -0.1) is 11.3 Å². The van der Waals surface area contributed by atoms with Gasteiger partial charge in [-0.05, 0) is 54.8 Å². The lowest BCUT2D eigenvalue weighted by atomic mass is 10.0. The molecule has 0 aliphatic heterocycles. The van der Waals surface area contributed by atoms with Gasteiger partial charge in [0.25, 0.3) is 5.91 Å². The minimum absolute atomic E-state index is 0.0372. The first kappa shape index (κ1) is 19.8. The maximum atomic E-state index is 12.3. The molecule has 6 nitrogen and oxygen atoms in total. The van der Waals surface area contributed by atoms with Crippen LogP contribution in [0.25, 0.3) is 0 Å². The molecule has 1 atom stereocenters. The highest BCUT2D eigenvalue weighted by atomic mass is 32.1. The SMILES string of the molecule is C[C@@H](OC(=O)CCC(=O)c1ccc2c(c1)CCC2)C(=O)Nc1sccc1C#N. The highest BCUT2D eigenvalue weighted by molar-refractivity contribution is 7.14. The maximum Gasteiger partial charge on any atom is 0.307 e. The van der Waals surface area contributed by atoms with E-state index in [4.69, 9.17) is 10.00 Å². The van der Waals surface area contributed by atoms with Crippen LogP contribution in [0.15, 0.2) is 29.6 Å². The van der Waals surface area contributed by atoms with Crippen LogP contribution in [0.3, 0.4) is 0 Å². The summed E-state index contributed by atoms with van der Waals surface area (Å²) in [5, 5.41) is 13.6. The molecule has 3 rings (SSSR count). The van der Waals surface area contributed by atoms with E-state index >= 15 is 0 Å². The number of benzene rings is 1. The van der Waals surface area contributed by atoms with Crippen molar-refractivity contribution in [2.24, 2.45) is 0 Å². The summed E-state index contributed by atoms with van der Waals surface area (Å²) in [4.78, 5) is 36.5. The van der Waals surface area contributed by atoms with Crippen LogP contribution in [0.4, 0.5) is 5.00 Å². The average molecular weight is 396 g/mol. The molecule has 0 fully saturated rings. The molecule has 1 N–H and O–H groups in total. The molecule has 1 aromatic carbocycles. The number of nitrogens with one attached hydrogen (secondary N) is 1. The van der Waals surface area contributed by atoms with E-state index in [1.54, 1.807) is 11.4 Å². The van der Waals surface area contributed by atoms with Crippen molar-refractivity contribution in [1.29, 1.82) is 5.26 Å². The predicted octanol–water partition coefficient (Wildman–Crippen LogP) is 3.64. The number of ketones is 1. The van der Waals surface area contributed by atoms with E-state index in [9.17, 15) is 14.4 Å². The van der Waals surface area contributed by atoms with Gasteiger partial charge in [-0.3, -0.25) is 14.4 Å². The quantitative estimate of drug-likeness (QED) is 0.569. The van der Waals surface area contributed by atoms with E-state index in [0.717, 1.165) is 19.3 Å². The standard InChI is InChI=1S/C21H20N2O4S/c1-13(20(26)23-21-17(12-22)9-10-28-21)27-19(25)8-7-18(24)16-6-5-14-3-2-4-15(14)11-16/h5-6,9-11,13H,2-4,7-8H2,1H3,(H,23,26)/t13-/m1/s1. The molecule has 28 heavy (non-hydrogen) atoms. The predicted molar refractivity (Wildman–Crippen MR) is 105 cm³/mol. The molecule has 1 amide bonds. The lowest BCUT2D eigenvalue weighted by Crippen LogP contribution is -2.30. The summed E-state index contributed by atoms with van der Waals surface area (Å²) in [6, 6.07) is 9.28. The summed E-state index contributed by atoms with van der Waals surface area (Å²) in [7, 11) is 0. The van der Waals surface area contributed by atoms with Crippen LogP contribution in [0.5, 0.6) is 0 Å². The van der Waals surface area contributed by atoms with Gasteiger partial charge in [0.05, 0.1) is 12.0 Å². The van der Waals surface area contributed by atoms with Crippen molar-refractivity contribution >= 4 is 34.0 Å². The molecular formula is C21H20N2O4S. The number of rotatable bonds is 7. The highest BCUT2D eigenvalue weighted by Crippen LogP contribution is 2.24. The molecular weight excluding hydrogens is 376 g/mol. The van der Waals surface area contributed by atoms with Gasteiger partial charge >= 0.3 is 5.97 Å². The number of amides is 1.